The number of benzene rings is 1. The van der Waals surface area contributed by atoms with E-state index in [0.717, 1.165) is 43.3 Å². The van der Waals surface area contributed by atoms with Crippen molar-refractivity contribution in [1.82, 2.24) is 31.7 Å². The fourth-order valence-corrected chi connectivity index (χ4v) is 5.95. The molecule has 3 saturated carbocycles. The molecule has 4 atom stereocenters. The second-order valence-electron chi connectivity index (χ2n) is 9.84. The smallest absolute Gasteiger partial charge is 0.306 e. The van der Waals surface area contributed by atoms with Crippen molar-refractivity contribution >= 4 is 17.5 Å². The molecule has 188 valence electrons. The maximum absolute atomic E-state index is 13.5. The third kappa shape index (κ3) is 5.14. The van der Waals surface area contributed by atoms with Gasteiger partial charge in [-0.25, -0.2) is 4.39 Å². The zero-order chi connectivity index (χ0) is 23.9. The minimum Gasteiger partial charge on any atom is -0.484 e. The molecule has 6 rings (SSSR count). The number of alkyl halides is 2. The minimum atomic E-state index is -2.49. The Balaban J connectivity index is 1.07. The molecule has 8 nitrogen and oxygen atoms in total. The SMILES string of the molecule is O=C(COc1ccc(Cl)c(F)c1)N[C@H]1CC2(NC3NCCC(C4CNN(C(F)F)C4)N3)CC1C2. The van der Waals surface area contributed by atoms with E-state index in [0.29, 0.717) is 19.0 Å². The third-order valence-corrected chi connectivity index (χ3v) is 7.83. The van der Waals surface area contributed by atoms with Crippen LogP contribution in [0.1, 0.15) is 25.7 Å². The number of hydrazine groups is 1. The highest BCUT2D eigenvalue weighted by atomic mass is 35.5. The van der Waals surface area contributed by atoms with E-state index >= 15 is 0 Å². The number of fused-ring (bicyclic) bond motifs is 1. The van der Waals surface area contributed by atoms with E-state index in [-0.39, 0.29) is 53.1 Å². The van der Waals surface area contributed by atoms with Crippen molar-refractivity contribution in [3.8, 4) is 5.75 Å². The monoisotopic (exact) mass is 502 g/mol. The van der Waals surface area contributed by atoms with E-state index in [4.69, 9.17) is 16.3 Å². The first kappa shape index (κ1) is 24.1. The van der Waals surface area contributed by atoms with Crippen molar-refractivity contribution in [1.29, 1.82) is 0 Å². The number of amides is 1. The summed E-state index contributed by atoms with van der Waals surface area (Å²) in [6, 6.07) is 4.28. The fourth-order valence-electron chi connectivity index (χ4n) is 5.84. The maximum atomic E-state index is 13.5. The quantitative estimate of drug-likeness (QED) is 0.343. The van der Waals surface area contributed by atoms with Crippen LogP contribution in [0.4, 0.5) is 13.2 Å². The largest absolute Gasteiger partial charge is 0.484 e. The van der Waals surface area contributed by atoms with Crippen molar-refractivity contribution in [2.24, 2.45) is 11.8 Å². The van der Waals surface area contributed by atoms with Crippen LogP contribution in [0.25, 0.3) is 0 Å². The number of carbonyl (C=O) groups is 1. The van der Waals surface area contributed by atoms with Gasteiger partial charge in [-0.1, -0.05) is 11.6 Å². The summed E-state index contributed by atoms with van der Waals surface area (Å²) >= 11 is 5.66. The Morgan fingerprint density at radius 2 is 2.12 bits per heavy atom. The summed E-state index contributed by atoms with van der Waals surface area (Å²) in [5, 5.41) is 14.7. The van der Waals surface area contributed by atoms with Crippen molar-refractivity contribution in [2.45, 2.75) is 56.1 Å². The number of rotatable bonds is 8. The molecular formula is C22H30ClF3N6O2. The van der Waals surface area contributed by atoms with Gasteiger partial charge >= 0.3 is 6.55 Å². The summed E-state index contributed by atoms with van der Waals surface area (Å²) in [7, 11) is 0. The van der Waals surface area contributed by atoms with Crippen molar-refractivity contribution < 1.29 is 22.7 Å². The summed E-state index contributed by atoms with van der Waals surface area (Å²) in [6.07, 6.45) is 3.53. The second kappa shape index (κ2) is 9.79. The highest BCUT2D eigenvalue weighted by Crippen LogP contribution is 2.52. The first-order chi connectivity index (χ1) is 16.3. The number of hydrogen-bond donors (Lipinski definition) is 5. The molecule has 2 bridgehead atoms. The van der Waals surface area contributed by atoms with Crippen LogP contribution in [0.3, 0.4) is 0 Å². The number of ether oxygens (including phenoxy) is 1. The first-order valence-electron chi connectivity index (χ1n) is 11.7. The zero-order valence-electron chi connectivity index (χ0n) is 18.6. The first-order valence-corrected chi connectivity index (χ1v) is 12.1. The number of nitrogens with zero attached hydrogens (tertiary/aromatic N) is 1. The lowest BCUT2D eigenvalue weighted by Crippen LogP contribution is -2.68. The molecule has 3 unspecified atom stereocenters. The lowest BCUT2D eigenvalue weighted by molar-refractivity contribution is -0.124. The number of halogens is 4. The van der Waals surface area contributed by atoms with Crippen molar-refractivity contribution in [3.63, 3.8) is 0 Å². The van der Waals surface area contributed by atoms with Gasteiger partial charge in [-0.2, -0.15) is 13.8 Å². The van der Waals surface area contributed by atoms with Gasteiger partial charge in [0.25, 0.3) is 5.91 Å². The molecule has 0 aromatic heterocycles. The zero-order valence-corrected chi connectivity index (χ0v) is 19.4. The summed E-state index contributed by atoms with van der Waals surface area (Å²) in [4.78, 5) is 12.4. The summed E-state index contributed by atoms with van der Waals surface area (Å²) in [5.41, 5.74) is 2.73. The predicted octanol–water partition coefficient (Wildman–Crippen LogP) is 1.38. The minimum absolute atomic E-state index is 0.00337. The van der Waals surface area contributed by atoms with Crippen LogP contribution < -0.4 is 31.4 Å². The number of carbonyl (C=O) groups excluding carboxylic acids is 1. The molecule has 5 N–H and O–H groups in total. The van der Waals surface area contributed by atoms with E-state index in [1.165, 1.54) is 12.1 Å². The van der Waals surface area contributed by atoms with E-state index in [9.17, 15) is 18.0 Å². The Morgan fingerprint density at radius 1 is 1.29 bits per heavy atom. The average Bonchev–Trinajstić information content (AvgIpc) is 3.48. The van der Waals surface area contributed by atoms with Crippen LogP contribution in [-0.4, -0.2) is 67.6 Å². The average molecular weight is 503 g/mol. The van der Waals surface area contributed by atoms with Gasteiger partial charge in [0.2, 0.25) is 0 Å². The molecule has 1 amide bonds. The molecule has 2 heterocycles. The molecule has 5 fully saturated rings. The number of nitrogens with one attached hydrogen (secondary N) is 5. The lowest BCUT2D eigenvalue weighted by Gasteiger charge is -2.45. The van der Waals surface area contributed by atoms with Gasteiger partial charge in [0, 0.05) is 42.7 Å². The summed E-state index contributed by atoms with van der Waals surface area (Å²) in [5.74, 6) is -0.0514. The molecule has 1 aromatic carbocycles. The summed E-state index contributed by atoms with van der Waals surface area (Å²) < 4.78 is 44.8. The van der Waals surface area contributed by atoms with Crippen LogP contribution in [0.15, 0.2) is 18.2 Å². The molecule has 3 aliphatic carbocycles. The van der Waals surface area contributed by atoms with Crippen molar-refractivity contribution in [3.05, 3.63) is 29.0 Å². The predicted molar refractivity (Wildman–Crippen MR) is 120 cm³/mol. The van der Waals surface area contributed by atoms with E-state index in [2.05, 4.69) is 26.7 Å². The Kier molecular flexibility index (Phi) is 6.93. The van der Waals surface area contributed by atoms with Gasteiger partial charge in [0.15, 0.2) is 6.61 Å². The van der Waals surface area contributed by atoms with Gasteiger partial charge in [-0.3, -0.25) is 26.2 Å². The molecule has 12 heteroatoms. The fraction of sp³-hybridized carbons (Fsp3) is 0.682. The molecule has 2 aliphatic heterocycles. The number of hydrogen-bond acceptors (Lipinski definition) is 7. The van der Waals surface area contributed by atoms with E-state index in [1.54, 1.807) is 0 Å². The van der Waals surface area contributed by atoms with E-state index in [1.807, 2.05) is 0 Å². The molecule has 2 saturated heterocycles. The Labute approximate surface area is 201 Å². The van der Waals surface area contributed by atoms with Crippen LogP contribution in [-0.2, 0) is 4.79 Å². The Bertz CT molecular complexity index is 905. The highest BCUT2D eigenvalue weighted by molar-refractivity contribution is 6.30. The molecule has 0 radical (unpaired) electrons. The normalized spacial score (nSPS) is 35.4. The maximum Gasteiger partial charge on any atom is 0.306 e. The third-order valence-electron chi connectivity index (χ3n) is 7.52. The van der Waals surface area contributed by atoms with Crippen LogP contribution in [0.2, 0.25) is 5.02 Å². The molecule has 0 spiro atoms. The van der Waals surface area contributed by atoms with E-state index < -0.39 is 12.4 Å². The molecule has 34 heavy (non-hydrogen) atoms. The van der Waals surface area contributed by atoms with Crippen LogP contribution >= 0.6 is 11.6 Å². The highest BCUT2D eigenvalue weighted by Gasteiger charge is 2.57. The van der Waals surface area contributed by atoms with Crippen LogP contribution in [0.5, 0.6) is 5.75 Å². The Hall–Kier alpha value is -1.63. The van der Waals surface area contributed by atoms with Gasteiger partial charge in [-0.15, -0.1) is 0 Å². The van der Waals surface area contributed by atoms with Gasteiger partial charge in [-0.05, 0) is 50.3 Å². The lowest BCUT2D eigenvalue weighted by atomic mass is 9.76. The van der Waals surface area contributed by atoms with Gasteiger partial charge in [0.1, 0.15) is 17.9 Å². The van der Waals surface area contributed by atoms with Crippen LogP contribution in [0, 0.1) is 17.7 Å². The summed E-state index contributed by atoms with van der Waals surface area (Å²) in [6.45, 7) is -1.00. The molecular weight excluding hydrogens is 473 g/mol. The second-order valence-corrected chi connectivity index (χ2v) is 10.2. The molecule has 1 aromatic rings. The van der Waals surface area contributed by atoms with Gasteiger partial charge < -0.3 is 10.1 Å². The molecule has 5 aliphatic rings. The standard InChI is InChI=1S/C22H30ClF3N6O2/c23-15-2-1-14(5-16(15)24)34-11-19(33)29-18-8-22(6-12(18)7-22)31-21-27-4-3-17(30-21)13-9-28-32(10-13)20(25)26/h1-2,5,12-13,17-18,20-21,27-28,30-31H,3-4,6-11H2,(H,29,33)/t12?,13?,17?,18-,21?,22?/m0/s1. The Morgan fingerprint density at radius 3 is 2.85 bits per heavy atom. The van der Waals surface area contributed by atoms with Gasteiger partial charge in [0.05, 0.1) is 5.02 Å². The topological polar surface area (TPSA) is 89.7 Å². The van der Waals surface area contributed by atoms with Crippen molar-refractivity contribution in [2.75, 3.05) is 26.2 Å².